The SMILES string of the molecule is Cc1cc(N(C)c2cccc(F)c2)c([C@H](C)O)cc1F. The fourth-order valence-electron chi connectivity index (χ4n) is 2.13. The summed E-state index contributed by atoms with van der Waals surface area (Å²) in [6.07, 6.45) is -0.809. The smallest absolute Gasteiger partial charge is 0.126 e. The molecular formula is C16H17F2NO. The first kappa shape index (κ1) is 14.5. The lowest BCUT2D eigenvalue weighted by atomic mass is 10.0. The Bertz CT molecular complexity index is 626. The van der Waals surface area contributed by atoms with Crippen LogP contribution in [-0.4, -0.2) is 12.2 Å². The number of benzene rings is 2. The van der Waals surface area contributed by atoms with Crippen LogP contribution < -0.4 is 4.90 Å². The van der Waals surface area contributed by atoms with Gasteiger partial charge < -0.3 is 10.0 Å². The average molecular weight is 277 g/mol. The summed E-state index contributed by atoms with van der Waals surface area (Å²) in [5, 5.41) is 9.80. The Labute approximate surface area is 117 Å². The van der Waals surface area contributed by atoms with Crippen LogP contribution in [0.4, 0.5) is 20.2 Å². The van der Waals surface area contributed by atoms with Gasteiger partial charge in [0.2, 0.25) is 0 Å². The lowest BCUT2D eigenvalue weighted by Gasteiger charge is -2.24. The summed E-state index contributed by atoms with van der Waals surface area (Å²) in [5.41, 5.74) is 2.25. The monoisotopic (exact) mass is 277 g/mol. The highest BCUT2D eigenvalue weighted by molar-refractivity contribution is 5.67. The van der Waals surface area contributed by atoms with Crippen LogP contribution in [0, 0.1) is 18.6 Å². The fourth-order valence-corrected chi connectivity index (χ4v) is 2.13. The summed E-state index contributed by atoms with van der Waals surface area (Å²) < 4.78 is 27.0. The van der Waals surface area contributed by atoms with Crippen molar-refractivity contribution < 1.29 is 13.9 Å². The predicted molar refractivity (Wildman–Crippen MR) is 76.2 cm³/mol. The zero-order valence-corrected chi connectivity index (χ0v) is 11.7. The zero-order valence-electron chi connectivity index (χ0n) is 11.7. The molecule has 0 amide bonds. The van der Waals surface area contributed by atoms with E-state index in [-0.39, 0.29) is 11.6 Å². The number of hydrogen-bond donors (Lipinski definition) is 1. The van der Waals surface area contributed by atoms with Crippen molar-refractivity contribution in [3.8, 4) is 0 Å². The molecule has 1 N–H and O–H groups in total. The first-order valence-corrected chi connectivity index (χ1v) is 6.37. The molecule has 0 bridgehead atoms. The van der Waals surface area contributed by atoms with Crippen LogP contribution in [0.15, 0.2) is 36.4 Å². The molecule has 4 heteroatoms. The second kappa shape index (κ2) is 5.59. The maximum atomic E-state index is 13.7. The zero-order chi connectivity index (χ0) is 14.9. The standard InChI is InChI=1S/C16H17F2NO/c1-10-7-16(14(11(2)20)9-15(10)18)19(3)13-6-4-5-12(17)8-13/h4-9,11,20H,1-3H3/t11-/m0/s1. The minimum absolute atomic E-state index is 0.341. The molecule has 2 rings (SSSR count). The van der Waals surface area contributed by atoms with Gasteiger partial charge in [-0.05, 0) is 49.7 Å². The van der Waals surface area contributed by atoms with Gasteiger partial charge in [-0.3, -0.25) is 0 Å². The molecule has 0 heterocycles. The molecule has 0 aliphatic rings. The Morgan fingerprint density at radius 3 is 2.45 bits per heavy atom. The minimum Gasteiger partial charge on any atom is -0.389 e. The summed E-state index contributed by atoms with van der Waals surface area (Å²) in [7, 11) is 1.76. The van der Waals surface area contributed by atoms with Gasteiger partial charge in [-0.1, -0.05) is 6.07 Å². The molecule has 0 aliphatic carbocycles. The van der Waals surface area contributed by atoms with Gasteiger partial charge in [0.05, 0.1) is 6.10 Å². The van der Waals surface area contributed by atoms with Crippen molar-refractivity contribution in [1.82, 2.24) is 0 Å². The molecule has 1 atom stereocenters. The van der Waals surface area contributed by atoms with E-state index in [0.29, 0.717) is 22.5 Å². The summed E-state index contributed by atoms with van der Waals surface area (Å²) >= 11 is 0. The topological polar surface area (TPSA) is 23.5 Å². The molecule has 0 spiro atoms. The molecule has 2 aromatic carbocycles. The Balaban J connectivity index is 2.53. The van der Waals surface area contributed by atoms with Gasteiger partial charge in [0.15, 0.2) is 0 Å². The Kier molecular flexibility index (Phi) is 4.04. The third-order valence-electron chi connectivity index (χ3n) is 3.31. The van der Waals surface area contributed by atoms with Crippen molar-refractivity contribution in [3.05, 3.63) is 59.2 Å². The van der Waals surface area contributed by atoms with E-state index >= 15 is 0 Å². The van der Waals surface area contributed by atoms with E-state index in [2.05, 4.69) is 0 Å². The van der Waals surface area contributed by atoms with Gasteiger partial charge in [0, 0.05) is 24.0 Å². The molecule has 0 aliphatic heterocycles. The van der Waals surface area contributed by atoms with Crippen molar-refractivity contribution in [3.63, 3.8) is 0 Å². The summed E-state index contributed by atoms with van der Waals surface area (Å²) in [6, 6.07) is 9.11. The lowest BCUT2D eigenvalue weighted by Crippen LogP contribution is -2.14. The molecule has 106 valence electrons. The molecule has 2 nitrogen and oxygen atoms in total. The van der Waals surface area contributed by atoms with Crippen molar-refractivity contribution in [1.29, 1.82) is 0 Å². The van der Waals surface area contributed by atoms with Gasteiger partial charge >= 0.3 is 0 Å². The van der Waals surface area contributed by atoms with Crippen molar-refractivity contribution in [2.45, 2.75) is 20.0 Å². The molecule has 0 saturated heterocycles. The first-order valence-electron chi connectivity index (χ1n) is 6.37. The van der Waals surface area contributed by atoms with Gasteiger partial charge in [-0.25, -0.2) is 8.78 Å². The van der Waals surface area contributed by atoms with Gasteiger partial charge in [0.1, 0.15) is 11.6 Å². The van der Waals surface area contributed by atoms with E-state index in [4.69, 9.17) is 0 Å². The van der Waals surface area contributed by atoms with E-state index < -0.39 is 6.10 Å². The number of nitrogens with zero attached hydrogens (tertiary/aromatic N) is 1. The number of halogens is 2. The molecule has 2 aromatic rings. The number of aliphatic hydroxyl groups excluding tert-OH is 1. The Hall–Kier alpha value is -1.94. The number of rotatable bonds is 3. The van der Waals surface area contributed by atoms with Crippen LogP contribution in [-0.2, 0) is 0 Å². The number of aliphatic hydroxyl groups is 1. The highest BCUT2D eigenvalue weighted by Crippen LogP contribution is 2.33. The molecule has 0 unspecified atom stereocenters. The minimum atomic E-state index is -0.809. The van der Waals surface area contributed by atoms with Crippen LogP contribution in [0.5, 0.6) is 0 Å². The molecule has 0 fully saturated rings. The summed E-state index contributed by atoms with van der Waals surface area (Å²) in [6.45, 7) is 3.23. The molecule has 0 aromatic heterocycles. The van der Waals surface area contributed by atoms with Gasteiger partial charge in [-0.2, -0.15) is 0 Å². The highest BCUT2D eigenvalue weighted by atomic mass is 19.1. The van der Waals surface area contributed by atoms with E-state index in [1.807, 2.05) is 0 Å². The van der Waals surface area contributed by atoms with Crippen LogP contribution in [0.2, 0.25) is 0 Å². The van der Waals surface area contributed by atoms with Crippen molar-refractivity contribution in [2.24, 2.45) is 0 Å². The Morgan fingerprint density at radius 2 is 1.85 bits per heavy atom. The van der Waals surface area contributed by atoms with Gasteiger partial charge in [0.25, 0.3) is 0 Å². The Morgan fingerprint density at radius 1 is 1.15 bits per heavy atom. The highest BCUT2D eigenvalue weighted by Gasteiger charge is 2.16. The molecule has 20 heavy (non-hydrogen) atoms. The lowest BCUT2D eigenvalue weighted by molar-refractivity contribution is 0.199. The van der Waals surface area contributed by atoms with E-state index in [1.165, 1.54) is 18.2 Å². The summed E-state index contributed by atoms with van der Waals surface area (Å²) in [5.74, 6) is -0.705. The molecular weight excluding hydrogens is 260 g/mol. The quantitative estimate of drug-likeness (QED) is 0.913. The van der Waals surface area contributed by atoms with Crippen molar-refractivity contribution in [2.75, 3.05) is 11.9 Å². The number of aryl methyl sites for hydroxylation is 1. The van der Waals surface area contributed by atoms with Gasteiger partial charge in [-0.15, -0.1) is 0 Å². The van der Waals surface area contributed by atoms with Crippen LogP contribution in [0.25, 0.3) is 0 Å². The van der Waals surface area contributed by atoms with Crippen molar-refractivity contribution >= 4 is 11.4 Å². The van der Waals surface area contributed by atoms with E-state index in [0.717, 1.165) is 0 Å². The maximum absolute atomic E-state index is 13.7. The van der Waals surface area contributed by atoms with Crippen LogP contribution in [0.1, 0.15) is 24.2 Å². The second-order valence-corrected chi connectivity index (χ2v) is 4.88. The third-order valence-corrected chi connectivity index (χ3v) is 3.31. The average Bonchev–Trinajstić information content (AvgIpc) is 2.40. The number of anilines is 2. The van der Waals surface area contributed by atoms with E-state index in [9.17, 15) is 13.9 Å². The fraction of sp³-hybridized carbons (Fsp3) is 0.250. The normalized spacial score (nSPS) is 12.3. The third kappa shape index (κ3) is 2.80. The molecule has 0 radical (unpaired) electrons. The first-order chi connectivity index (χ1) is 9.40. The van der Waals surface area contributed by atoms with Crippen LogP contribution in [0.3, 0.4) is 0 Å². The summed E-state index contributed by atoms with van der Waals surface area (Å²) in [4.78, 5) is 1.73. The second-order valence-electron chi connectivity index (χ2n) is 4.88. The maximum Gasteiger partial charge on any atom is 0.126 e. The molecule has 0 saturated carbocycles. The van der Waals surface area contributed by atoms with Crippen LogP contribution >= 0.6 is 0 Å². The predicted octanol–water partition coefficient (Wildman–Crippen LogP) is 4.09. The largest absolute Gasteiger partial charge is 0.389 e. The number of hydrogen-bond acceptors (Lipinski definition) is 2. The van der Waals surface area contributed by atoms with E-state index in [1.54, 1.807) is 44.0 Å².